The van der Waals surface area contributed by atoms with Gasteiger partial charge in [0.05, 0.1) is 23.2 Å². The molecule has 2 aromatic carbocycles. The number of alkyl halides is 1. The standard InChI is InChI=1S/C21H22BrN3O3/c1-13(22)20(26)25-19-6-4-3-5-16(19)21(27)23-10-9-14-12-24-18-8-7-15(28-2)11-17(14)18/h3-8,11-13,24H,9-10H2,1-2H3,(H,23,27)(H,25,26). The number of rotatable bonds is 7. The van der Waals surface area contributed by atoms with E-state index in [-0.39, 0.29) is 16.6 Å². The lowest BCUT2D eigenvalue weighted by atomic mass is 10.1. The van der Waals surface area contributed by atoms with Crippen LogP contribution in [0.5, 0.6) is 5.75 Å². The predicted molar refractivity (Wildman–Crippen MR) is 114 cm³/mol. The molecule has 3 N–H and O–H groups in total. The van der Waals surface area contributed by atoms with Gasteiger partial charge in [0.25, 0.3) is 5.91 Å². The Labute approximate surface area is 171 Å². The smallest absolute Gasteiger partial charge is 0.253 e. The number of anilines is 1. The van der Waals surface area contributed by atoms with Crippen molar-refractivity contribution in [2.24, 2.45) is 0 Å². The Bertz CT molecular complexity index is 997. The van der Waals surface area contributed by atoms with E-state index in [1.807, 2.05) is 24.4 Å². The van der Waals surface area contributed by atoms with Gasteiger partial charge in [0.15, 0.2) is 0 Å². The molecular weight excluding hydrogens is 422 g/mol. The summed E-state index contributed by atoms with van der Waals surface area (Å²) in [6.07, 6.45) is 2.62. The van der Waals surface area contributed by atoms with Crippen molar-refractivity contribution in [3.63, 3.8) is 0 Å². The fraction of sp³-hybridized carbons (Fsp3) is 0.238. The lowest BCUT2D eigenvalue weighted by Gasteiger charge is -2.12. The van der Waals surface area contributed by atoms with Crippen LogP contribution >= 0.6 is 15.9 Å². The number of hydrogen-bond donors (Lipinski definition) is 3. The van der Waals surface area contributed by atoms with E-state index in [0.717, 1.165) is 22.2 Å². The number of H-pyrrole nitrogens is 1. The SMILES string of the molecule is COc1ccc2[nH]cc(CCNC(=O)c3ccccc3NC(=O)C(C)Br)c2c1. The van der Waals surface area contributed by atoms with Gasteiger partial charge in [0, 0.05) is 23.6 Å². The Morgan fingerprint density at radius 1 is 1.21 bits per heavy atom. The lowest BCUT2D eigenvalue weighted by Crippen LogP contribution is -2.28. The second kappa shape index (κ2) is 8.93. The number of carbonyl (C=O) groups is 2. The third kappa shape index (κ3) is 4.54. The zero-order chi connectivity index (χ0) is 20.1. The minimum atomic E-state index is -0.345. The van der Waals surface area contributed by atoms with E-state index in [0.29, 0.717) is 24.2 Å². The van der Waals surface area contributed by atoms with Crippen LogP contribution in [0.2, 0.25) is 0 Å². The van der Waals surface area contributed by atoms with Crippen LogP contribution in [-0.2, 0) is 11.2 Å². The number of nitrogens with one attached hydrogen (secondary N) is 3. The van der Waals surface area contributed by atoms with E-state index >= 15 is 0 Å². The molecule has 6 nitrogen and oxygen atoms in total. The van der Waals surface area contributed by atoms with Crippen molar-refractivity contribution in [2.45, 2.75) is 18.2 Å². The first kappa shape index (κ1) is 19.9. The number of para-hydroxylation sites is 1. The molecule has 1 aromatic heterocycles. The highest BCUT2D eigenvalue weighted by atomic mass is 79.9. The summed E-state index contributed by atoms with van der Waals surface area (Å²) in [6.45, 7) is 2.20. The Morgan fingerprint density at radius 3 is 2.75 bits per heavy atom. The first-order valence-electron chi connectivity index (χ1n) is 8.95. The number of fused-ring (bicyclic) bond motifs is 1. The van der Waals surface area contributed by atoms with Gasteiger partial charge in [-0.2, -0.15) is 0 Å². The van der Waals surface area contributed by atoms with Crippen molar-refractivity contribution in [3.05, 3.63) is 59.8 Å². The highest BCUT2D eigenvalue weighted by Crippen LogP contribution is 2.24. The van der Waals surface area contributed by atoms with Crippen LogP contribution in [0.3, 0.4) is 0 Å². The largest absolute Gasteiger partial charge is 0.497 e. The number of aromatic amines is 1. The summed E-state index contributed by atoms with van der Waals surface area (Å²) in [4.78, 5) is 27.4. The molecule has 146 valence electrons. The number of halogens is 1. The number of hydrogen-bond acceptors (Lipinski definition) is 3. The minimum absolute atomic E-state index is 0.201. The Morgan fingerprint density at radius 2 is 2.00 bits per heavy atom. The van der Waals surface area contributed by atoms with Gasteiger partial charge in [0.2, 0.25) is 5.91 Å². The van der Waals surface area contributed by atoms with Crippen molar-refractivity contribution in [1.29, 1.82) is 0 Å². The van der Waals surface area contributed by atoms with Gasteiger partial charge < -0.3 is 20.4 Å². The molecule has 0 aliphatic rings. The molecule has 1 heterocycles. The number of ether oxygens (including phenoxy) is 1. The van der Waals surface area contributed by atoms with E-state index in [9.17, 15) is 9.59 Å². The lowest BCUT2D eigenvalue weighted by molar-refractivity contribution is -0.115. The first-order valence-corrected chi connectivity index (χ1v) is 9.87. The van der Waals surface area contributed by atoms with Crippen LogP contribution in [-0.4, -0.2) is 35.3 Å². The Balaban J connectivity index is 1.66. The van der Waals surface area contributed by atoms with Crippen molar-refractivity contribution in [1.82, 2.24) is 10.3 Å². The molecule has 3 rings (SSSR count). The summed E-state index contributed by atoms with van der Waals surface area (Å²) in [7, 11) is 1.64. The average Bonchev–Trinajstić information content (AvgIpc) is 3.10. The normalized spacial score (nSPS) is 11.8. The Hall–Kier alpha value is -2.80. The molecule has 1 unspecified atom stereocenters. The van der Waals surface area contributed by atoms with Crippen molar-refractivity contribution >= 4 is 44.3 Å². The summed E-state index contributed by atoms with van der Waals surface area (Å²) in [5.41, 5.74) is 3.06. The second-order valence-corrected chi connectivity index (χ2v) is 7.76. The molecule has 0 bridgehead atoms. The van der Waals surface area contributed by atoms with Crippen LogP contribution in [0.1, 0.15) is 22.8 Å². The summed E-state index contributed by atoms with van der Waals surface area (Å²) in [5, 5.41) is 6.77. The predicted octanol–water partition coefficient (Wildman–Crippen LogP) is 3.87. The van der Waals surface area contributed by atoms with Gasteiger partial charge >= 0.3 is 0 Å². The molecule has 1 atom stereocenters. The summed E-state index contributed by atoms with van der Waals surface area (Å²) in [6, 6.07) is 12.8. The van der Waals surface area contributed by atoms with Crippen LogP contribution in [0, 0.1) is 0 Å². The molecule has 3 aromatic rings. The molecule has 0 radical (unpaired) electrons. The van der Waals surface area contributed by atoms with Crippen molar-refractivity contribution in [2.75, 3.05) is 19.0 Å². The quantitative estimate of drug-likeness (QED) is 0.484. The topological polar surface area (TPSA) is 83.2 Å². The molecule has 0 aliphatic heterocycles. The van der Waals surface area contributed by atoms with Crippen molar-refractivity contribution in [3.8, 4) is 5.75 Å². The van der Waals surface area contributed by atoms with Crippen LogP contribution in [0.15, 0.2) is 48.7 Å². The van der Waals surface area contributed by atoms with Crippen LogP contribution < -0.4 is 15.4 Å². The van der Waals surface area contributed by atoms with Gasteiger partial charge in [-0.05, 0) is 49.2 Å². The molecule has 0 aliphatic carbocycles. The molecule has 7 heteroatoms. The van der Waals surface area contributed by atoms with Gasteiger partial charge in [0.1, 0.15) is 5.75 Å². The van der Waals surface area contributed by atoms with Gasteiger partial charge in [-0.15, -0.1) is 0 Å². The third-order valence-electron chi connectivity index (χ3n) is 4.45. The molecule has 0 fully saturated rings. The zero-order valence-corrected chi connectivity index (χ0v) is 17.3. The fourth-order valence-corrected chi connectivity index (χ4v) is 3.03. The van der Waals surface area contributed by atoms with Gasteiger partial charge in [-0.25, -0.2) is 0 Å². The van der Waals surface area contributed by atoms with Crippen LogP contribution in [0.25, 0.3) is 10.9 Å². The highest BCUT2D eigenvalue weighted by molar-refractivity contribution is 9.10. The first-order chi connectivity index (χ1) is 13.5. The second-order valence-electron chi connectivity index (χ2n) is 6.38. The number of carbonyl (C=O) groups excluding carboxylic acids is 2. The minimum Gasteiger partial charge on any atom is -0.497 e. The fourth-order valence-electron chi connectivity index (χ4n) is 2.92. The van der Waals surface area contributed by atoms with Crippen LogP contribution in [0.4, 0.5) is 5.69 Å². The van der Waals surface area contributed by atoms with Gasteiger partial charge in [-0.3, -0.25) is 9.59 Å². The molecule has 28 heavy (non-hydrogen) atoms. The number of benzene rings is 2. The van der Waals surface area contributed by atoms with Gasteiger partial charge in [-0.1, -0.05) is 28.1 Å². The molecule has 0 saturated heterocycles. The molecule has 0 spiro atoms. The Kier molecular flexibility index (Phi) is 6.36. The van der Waals surface area contributed by atoms with Crippen molar-refractivity contribution < 1.29 is 14.3 Å². The average molecular weight is 444 g/mol. The van der Waals surface area contributed by atoms with E-state index in [1.54, 1.807) is 38.3 Å². The number of aromatic nitrogens is 1. The highest BCUT2D eigenvalue weighted by Gasteiger charge is 2.15. The van der Waals surface area contributed by atoms with E-state index < -0.39 is 0 Å². The summed E-state index contributed by atoms with van der Waals surface area (Å²) >= 11 is 3.23. The molecule has 0 saturated carbocycles. The van der Waals surface area contributed by atoms with E-state index in [1.165, 1.54) is 0 Å². The maximum atomic E-state index is 12.6. The summed E-state index contributed by atoms with van der Waals surface area (Å²) < 4.78 is 5.29. The number of amides is 2. The maximum absolute atomic E-state index is 12.6. The molecular formula is C21H22BrN3O3. The third-order valence-corrected chi connectivity index (χ3v) is 4.86. The maximum Gasteiger partial charge on any atom is 0.253 e. The summed E-state index contributed by atoms with van der Waals surface area (Å²) in [5.74, 6) is 0.367. The number of methoxy groups -OCH3 is 1. The zero-order valence-electron chi connectivity index (χ0n) is 15.7. The van der Waals surface area contributed by atoms with E-state index in [4.69, 9.17) is 4.74 Å². The van der Waals surface area contributed by atoms with E-state index in [2.05, 4.69) is 31.5 Å². The monoisotopic (exact) mass is 443 g/mol. The molecule has 2 amide bonds.